The number of hydrogen-bond donors (Lipinski definition) is 3. The van der Waals surface area contributed by atoms with Crippen molar-refractivity contribution in [2.45, 2.75) is 85.0 Å². The molecule has 11 nitrogen and oxygen atoms in total. The summed E-state index contributed by atoms with van der Waals surface area (Å²) in [4.78, 5) is 59.6. The summed E-state index contributed by atoms with van der Waals surface area (Å²) < 4.78 is 4.77. The fourth-order valence-electron chi connectivity index (χ4n) is 8.03. The first-order valence-corrected chi connectivity index (χ1v) is 18.7. The molecular formula is C42H49N7O4. The molecule has 53 heavy (non-hydrogen) atoms. The van der Waals surface area contributed by atoms with Gasteiger partial charge in [0.15, 0.2) is 0 Å². The summed E-state index contributed by atoms with van der Waals surface area (Å²) >= 11 is 0. The van der Waals surface area contributed by atoms with Crippen LogP contribution in [0.3, 0.4) is 0 Å². The number of alkyl carbamates (subject to hydrolysis) is 1. The maximum absolute atomic E-state index is 13.7. The van der Waals surface area contributed by atoms with E-state index in [4.69, 9.17) is 14.7 Å². The monoisotopic (exact) mass is 715 g/mol. The number of benzene rings is 2. The lowest BCUT2D eigenvalue weighted by Gasteiger charge is -2.36. The number of rotatable bonds is 8. The molecule has 6 atom stereocenters. The van der Waals surface area contributed by atoms with Crippen LogP contribution in [0.5, 0.6) is 0 Å². The Kier molecular flexibility index (Phi) is 9.90. The van der Waals surface area contributed by atoms with Crippen LogP contribution in [0.1, 0.15) is 95.7 Å². The molecule has 0 spiro atoms. The Bertz CT molecular complexity index is 2120. The predicted octanol–water partition coefficient (Wildman–Crippen LogP) is 6.91. The number of imidazole rings is 2. The van der Waals surface area contributed by atoms with E-state index in [1.165, 1.54) is 7.11 Å². The highest BCUT2D eigenvalue weighted by Gasteiger charge is 2.50. The van der Waals surface area contributed by atoms with E-state index < -0.39 is 18.2 Å². The van der Waals surface area contributed by atoms with Crippen molar-refractivity contribution >= 4 is 28.9 Å². The van der Waals surface area contributed by atoms with Gasteiger partial charge in [0.25, 0.3) is 0 Å². The van der Waals surface area contributed by atoms with Crippen LogP contribution in [-0.2, 0) is 14.3 Å². The lowest BCUT2D eigenvalue weighted by molar-refractivity contribution is -0.141. The van der Waals surface area contributed by atoms with Gasteiger partial charge in [-0.1, -0.05) is 70.2 Å². The smallest absolute Gasteiger partial charge is 0.407 e. The van der Waals surface area contributed by atoms with Crippen LogP contribution in [0.15, 0.2) is 60.3 Å². The number of nitrogens with one attached hydrogen (secondary N) is 3. The van der Waals surface area contributed by atoms with Crippen molar-refractivity contribution in [1.82, 2.24) is 35.1 Å². The minimum atomic E-state index is -0.727. The van der Waals surface area contributed by atoms with Crippen LogP contribution >= 0.6 is 0 Å². The third-order valence-corrected chi connectivity index (χ3v) is 11.3. The molecule has 0 radical (unpaired) electrons. The summed E-state index contributed by atoms with van der Waals surface area (Å²) in [6.45, 7) is 12.5. The number of ether oxygens (including phenoxy) is 1. The molecule has 2 aromatic carbocycles. The molecule has 1 saturated carbocycles. The van der Waals surface area contributed by atoms with Gasteiger partial charge in [-0.25, -0.2) is 14.8 Å². The lowest BCUT2D eigenvalue weighted by atomic mass is 9.93. The van der Waals surface area contributed by atoms with Crippen molar-refractivity contribution in [2.24, 2.45) is 23.7 Å². The third kappa shape index (κ3) is 7.07. The summed E-state index contributed by atoms with van der Waals surface area (Å²) in [6, 6.07) is 13.2. The van der Waals surface area contributed by atoms with Crippen LogP contribution in [0.2, 0.25) is 0 Å². The second kappa shape index (κ2) is 14.6. The Hall–Kier alpha value is -5.37. The van der Waals surface area contributed by atoms with Crippen molar-refractivity contribution < 1.29 is 19.1 Å². The van der Waals surface area contributed by atoms with Gasteiger partial charge in [0.2, 0.25) is 11.8 Å². The van der Waals surface area contributed by atoms with E-state index in [0.29, 0.717) is 30.2 Å². The van der Waals surface area contributed by atoms with Gasteiger partial charge < -0.3 is 29.8 Å². The summed E-state index contributed by atoms with van der Waals surface area (Å²) in [6.07, 6.45) is 6.56. The fourth-order valence-corrected chi connectivity index (χ4v) is 8.03. The average Bonchev–Trinajstić information content (AvgIpc) is 4.00. The van der Waals surface area contributed by atoms with Crippen molar-refractivity contribution in [3.05, 3.63) is 83.1 Å². The highest BCUT2D eigenvalue weighted by atomic mass is 16.5. The number of piperidine rings is 1. The van der Waals surface area contributed by atoms with Crippen LogP contribution in [0.4, 0.5) is 4.79 Å². The number of carbonyl (C=O) groups excluding carboxylic acids is 3. The first-order valence-electron chi connectivity index (χ1n) is 18.7. The number of aromatic amines is 2. The van der Waals surface area contributed by atoms with Gasteiger partial charge in [0.1, 0.15) is 23.7 Å². The molecule has 1 unspecified atom stereocenters. The minimum Gasteiger partial charge on any atom is -0.453 e. The maximum atomic E-state index is 13.7. The Morgan fingerprint density at radius 2 is 1.66 bits per heavy atom. The average molecular weight is 716 g/mol. The van der Waals surface area contributed by atoms with Crippen LogP contribution in [-0.4, -0.2) is 73.4 Å². The predicted molar refractivity (Wildman–Crippen MR) is 203 cm³/mol. The largest absolute Gasteiger partial charge is 0.453 e. The molecule has 7 rings (SSSR count). The molecule has 1 saturated heterocycles. The van der Waals surface area contributed by atoms with Gasteiger partial charge in [0.05, 0.1) is 36.1 Å². The molecule has 3 aliphatic rings. The second-order valence-electron chi connectivity index (χ2n) is 15.6. The summed E-state index contributed by atoms with van der Waals surface area (Å²) in [5, 5.41) is 2.69. The van der Waals surface area contributed by atoms with Gasteiger partial charge in [0, 0.05) is 29.6 Å². The van der Waals surface area contributed by atoms with Gasteiger partial charge in [-0.15, -0.1) is 0 Å². The quantitative estimate of drug-likeness (QED) is 0.134. The molecule has 2 aromatic heterocycles. The topological polar surface area (TPSA) is 136 Å². The van der Waals surface area contributed by atoms with Crippen LogP contribution in [0, 0.1) is 35.5 Å². The zero-order chi connectivity index (χ0) is 37.6. The van der Waals surface area contributed by atoms with Crippen LogP contribution in [0.25, 0.3) is 22.3 Å². The van der Waals surface area contributed by atoms with Crippen LogP contribution < -0.4 is 5.32 Å². The molecular weight excluding hydrogens is 667 g/mol. The normalized spacial score (nSPS) is 21.9. The van der Waals surface area contributed by atoms with E-state index in [-0.39, 0.29) is 29.7 Å². The summed E-state index contributed by atoms with van der Waals surface area (Å²) in [7, 11) is 1.29. The van der Waals surface area contributed by atoms with E-state index in [1.807, 2.05) is 82.4 Å². The highest BCUT2D eigenvalue weighted by Crippen LogP contribution is 2.50. The number of amides is 3. The van der Waals surface area contributed by atoms with Crippen molar-refractivity contribution in [2.75, 3.05) is 13.7 Å². The molecule has 2 fully saturated rings. The number of carbonyl (C=O) groups is 3. The van der Waals surface area contributed by atoms with Crippen molar-refractivity contribution in [3.8, 4) is 23.1 Å². The van der Waals surface area contributed by atoms with Gasteiger partial charge in [-0.2, -0.15) is 0 Å². The number of methoxy groups -OCH3 is 1. The Morgan fingerprint density at radius 1 is 0.925 bits per heavy atom. The number of nitrogens with zero attached hydrogens (tertiary/aromatic N) is 4. The molecule has 4 aromatic rings. The van der Waals surface area contributed by atoms with E-state index in [9.17, 15) is 14.4 Å². The zero-order valence-electron chi connectivity index (χ0n) is 31.6. The van der Waals surface area contributed by atoms with Gasteiger partial charge >= 0.3 is 6.09 Å². The first kappa shape index (κ1) is 36.0. The number of aromatic nitrogens is 4. The highest BCUT2D eigenvalue weighted by molar-refractivity contribution is 5.87. The Labute approximate surface area is 311 Å². The maximum Gasteiger partial charge on any atom is 0.407 e. The minimum absolute atomic E-state index is 0.0115. The van der Waals surface area contributed by atoms with Crippen molar-refractivity contribution in [3.63, 3.8) is 0 Å². The van der Waals surface area contributed by atoms with Crippen molar-refractivity contribution in [1.29, 1.82) is 0 Å². The standard InChI is InChI=1S/C42H49N7O4/c1-23(2)26(6)40(50)49-31-16-15-30(20-31)37(49)39-43-21-34(46-39)29-13-10-27(11-14-29)8-9-28-12-17-32-33(19-28)45-38(44-32)35-18-25(5)22-48(35)41(51)36(24(3)4)47-42(52)53-7/h10-14,17-19,21,23-24,26,30-31,35-37H,15-16,20,22H2,1-7H3,(H,43,46)(H,44,45)(H,47,52)/t26-,30+,31-,35-,36-,37?/m0/s1. The molecule has 2 aliphatic heterocycles. The molecule has 276 valence electrons. The van der Waals surface area contributed by atoms with Gasteiger partial charge in [-0.3, -0.25) is 9.59 Å². The molecule has 2 bridgehead atoms. The SMILES string of the molecule is COC(=O)N[C@H](C(=O)N1CC(C)=C[C@H]1c1nc2ccc(C#Cc3ccc(-c4cnc(C5[C@@H]6CC[C@@H](C6)N5C(=O)[C@@H](C)C(C)C)[nH]4)cc3)cc2[nH]1)C(C)C. The van der Waals surface area contributed by atoms with Gasteiger partial charge in [-0.05, 0) is 79.8 Å². The zero-order valence-corrected chi connectivity index (χ0v) is 31.6. The number of likely N-dealkylation sites (tertiary alicyclic amines) is 1. The molecule has 3 amide bonds. The van der Waals surface area contributed by atoms with E-state index >= 15 is 0 Å². The van der Waals surface area contributed by atoms with E-state index in [1.54, 1.807) is 4.90 Å². The van der Waals surface area contributed by atoms with E-state index in [0.717, 1.165) is 64.1 Å². The molecule has 11 heteroatoms. The Balaban J connectivity index is 1.05. The number of hydrogen-bond acceptors (Lipinski definition) is 6. The Morgan fingerprint density at radius 3 is 2.38 bits per heavy atom. The third-order valence-electron chi connectivity index (χ3n) is 11.3. The molecule has 1 aliphatic carbocycles. The summed E-state index contributed by atoms with van der Waals surface area (Å²) in [5.41, 5.74) is 6.31. The van der Waals surface area contributed by atoms with E-state index in [2.05, 4.69) is 45.9 Å². The summed E-state index contributed by atoms with van der Waals surface area (Å²) in [5.74, 6) is 8.76. The second-order valence-corrected chi connectivity index (χ2v) is 15.6. The lowest BCUT2D eigenvalue weighted by Crippen LogP contribution is -2.51. The first-order chi connectivity index (χ1) is 25.4. The molecule has 3 N–H and O–H groups in total. The fraction of sp³-hybridized carbons (Fsp3) is 0.452. The molecule has 4 heterocycles. The number of fused-ring (bicyclic) bond motifs is 3. The number of H-pyrrole nitrogens is 2.